The average Bonchev–Trinajstić information content (AvgIpc) is 3.07. The highest BCUT2D eigenvalue weighted by Crippen LogP contribution is 2.29. The highest BCUT2D eigenvalue weighted by Gasteiger charge is 2.12. The van der Waals surface area contributed by atoms with Crippen LogP contribution in [0.1, 0.15) is 35.8 Å². The van der Waals surface area contributed by atoms with E-state index in [1.807, 2.05) is 41.8 Å². The van der Waals surface area contributed by atoms with Crippen molar-refractivity contribution in [3.8, 4) is 0 Å². The second-order valence-corrected chi connectivity index (χ2v) is 8.70. The molecule has 3 aromatic rings. The fourth-order valence-corrected chi connectivity index (χ4v) is 4.76. The van der Waals surface area contributed by atoms with E-state index in [-0.39, 0.29) is 0 Å². The third kappa shape index (κ3) is 4.34. The van der Waals surface area contributed by atoms with Crippen LogP contribution in [-0.2, 0) is 20.0 Å². The summed E-state index contributed by atoms with van der Waals surface area (Å²) in [6, 6.07) is 10.00. The number of benzene rings is 1. The monoisotopic (exact) mass is 420 g/mol. The molecular weight excluding hydrogens is 400 g/mol. The number of pyridine rings is 1. The molecule has 1 aromatic carbocycles. The molecule has 0 aliphatic carbocycles. The second kappa shape index (κ2) is 8.61. The van der Waals surface area contributed by atoms with E-state index < -0.39 is 0 Å². The molecule has 0 atom stereocenters. The maximum Gasteiger partial charge on any atom is 0.109 e. The lowest BCUT2D eigenvalue weighted by atomic mass is 10.2. The minimum absolute atomic E-state index is 0.651. The van der Waals surface area contributed by atoms with Crippen molar-refractivity contribution in [3.63, 3.8) is 0 Å². The Bertz CT molecular complexity index is 987. The number of halogens is 1. The smallest absolute Gasteiger partial charge is 0.109 e. The van der Waals surface area contributed by atoms with Crippen molar-refractivity contribution >= 4 is 62.6 Å². The van der Waals surface area contributed by atoms with Gasteiger partial charge in [0, 0.05) is 40.6 Å². The number of thiocarbonyl (C=S) groups is 1. The number of rotatable bonds is 6. The Kier molecular flexibility index (Phi) is 6.46. The van der Waals surface area contributed by atoms with Crippen LogP contribution in [0.3, 0.4) is 0 Å². The van der Waals surface area contributed by atoms with E-state index in [4.69, 9.17) is 36.0 Å². The summed E-state index contributed by atoms with van der Waals surface area (Å²) in [6.07, 6.45) is 5.56. The number of nitrogens with one attached hydrogen (secondary N) is 1. The van der Waals surface area contributed by atoms with Gasteiger partial charge in [0.05, 0.1) is 4.51 Å². The SMILES string of the molecule is CCCCc1cc2c(=S)c(C(=S)NCc3ccc(Cl)cc3)cn(C)c2s1. The number of hydrogen-bond acceptors (Lipinski definition) is 3. The van der Waals surface area contributed by atoms with Crippen LogP contribution in [0.5, 0.6) is 0 Å². The summed E-state index contributed by atoms with van der Waals surface area (Å²) >= 11 is 19.1. The number of fused-ring (bicyclic) bond motifs is 1. The number of aryl methyl sites for hydroxylation is 2. The fraction of sp³-hybridized carbons (Fsp3) is 0.300. The molecule has 0 unspecified atom stereocenters. The molecule has 136 valence electrons. The van der Waals surface area contributed by atoms with Crippen LogP contribution in [0.4, 0.5) is 0 Å². The van der Waals surface area contributed by atoms with Crippen molar-refractivity contribution in [2.24, 2.45) is 7.05 Å². The lowest BCUT2D eigenvalue weighted by Gasteiger charge is -2.11. The van der Waals surface area contributed by atoms with Crippen molar-refractivity contribution in [1.29, 1.82) is 0 Å². The highest BCUT2D eigenvalue weighted by molar-refractivity contribution is 7.80. The molecule has 0 radical (unpaired) electrons. The van der Waals surface area contributed by atoms with Gasteiger partial charge in [0.25, 0.3) is 0 Å². The first-order chi connectivity index (χ1) is 12.5. The maximum absolute atomic E-state index is 5.94. The van der Waals surface area contributed by atoms with Gasteiger partial charge in [-0.25, -0.2) is 0 Å². The zero-order valence-corrected chi connectivity index (χ0v) is 18.0. The predicted octanol–water partition coefficient (Wildman–Crippen LogP) is 6.43. The molecule has 0 fully saturated rings. The first-order valence-electron chi connectivity index (χ1n) is 8.64. The van der Waals surface area contributed by atoms with E-state index in [1.165, 1.54) is 22.5 Å². The van der Waals surface area contributed by atoms with Crippen molar-refractivity contribution in [2.45, 2.75) is 32.7 Å². The summed E-state index contributed by atoms with van der Waals surface area (Å²) in [5.74, 6) is 0. The minimum atomic E-state index is 0.651. The van der Waals surface area contributed by atoms with Crippen LogP contribution < -0.4 is 5.32 Å². The normalized spacial score (nSPS) is 11.0. The molecule has 0 aliphatic heterocycles. The molecule has 2 aromatic heterocycles. The molecule has 0 aliphatic rings. The molecule has 0 saturated carbocycles. The van der Waals surface area contributed by atoms with Gasteiger partial charge in [-0.2, -0.15) is 0 Å². The van der Waals surface area contributed by atoms with E-state index in [2.05, 4.69) is 29.9 Å². The second-order valence-electron chi connectivity index (χ2n) is 6.33. The highest BCUT2D eigenvalue weighted by atomic mass is 35.5. The van der Waals surface area contributed by atoms with Crippen molar-refractivity contribution in [2.75, 3.05) is 0 Å². The van der Waals surface area contributed by atoms with Crippen LogP contribution >= 0.6 is 47.4 Å². The summed E-state index contributed by atoms with van der Waals surface area (Å²) in [6.45, 7) is 2.87. The summed E-state index contributed by atoms with van der Waals surface area (Å²) < 4.78 is 2.97. The van der Waals surface area contributed by atoms with Crippen LogP contribution in [0.2, 0.25) is 5.02 Å². The van der Waals surface area contributed by atoms with Gasteiger partial charge in [-0.1, -0.05) is 61.5 Å². The molecule has 26 heavy (non-hydrogen) atoms. The molecular formula is C20H21ClN2S3. The van der Waals surface area contributed by atoms with Crippen molar-refractivity contribution < 1.29 is 0 Å². The maximum atomic E-state index is 5.94. The largest absolute Gasteiger partial charge is 0.372 e. The topological polar surface area (TPSA) is 17.0 Å². The molecule has 0 saturated heterocycles. The number of unbranched alkanes of at least 4 members (excludes halogenated alkanes) is 1. The van der Waals surface area contributed by atoms with Gasteiger partial charge < -0.3 is 9.88 Å². The molecule has 3 rings (SSSR count). The summed E-state index contributed by atoms with van der Waals surface area (Å²) in [5, 5.41) is 5.19. The number of thiophene rings is 1. The lowest BCUT2D eigenvalue weighted by Crippen LogP contribution is -2.22. The van der Waals surface area contributed by atoms with Gasteiger partial charge in [0.2, 0.25) is 0 Å². The zero-order chi connectivity index (χ0) is 18.7. The first-order valence-corrected chi connectivity index (χ1v) is 10.7. The lowest BCUT2D eigenvalue weighted by molar-refractivity contribution is 0.804. The first kappa shape index (κ1) is 19.5. The van der Waals surface area contributed by atoms with Crippen LogP contribution in [0, 0.1) is 4.51 Å². The Labute approximate surface area is 173 Å². The fourth-order valence-electron chi connectivity index (χ4n) is 2.83. The van der Waals surface area contributed by atoms with Gasteiger partial charge in [-0.15, -0.1) is 11.3 Å². The Morgan fingerprint density at radius 3 is 2.69 bits per heavy atom. The van der Waals surface area contributed by atoms with E-state index >= 15 is 0 Å². The van der Waals surface area contributed by atoms with Crippen LogP contribution in [0.25, 0.3) is 10.2 Å². The van der Waals surface area contributed by atoms with Gasteiger partial charge in [-0.05, 0) is 36.6 Å². The predicted molar refractivity (Wildman–Crippen MR) is 120 cm³/mol. The Balaban J connectivity index is 1.84. The average molecular weight is 421 g/mol. The van der Waals surface area contributed by atoms with Crippen LogP contribution in [0.15, 0.2) is 36.5 Å². The quantitative estimate of drug-likeness (QED) is 0.463. The van der Waals surface area contributed by atoms with E-state index in [0.717, 1.165) is 32.5 Å². The molecule has 2 nitrogen and oxygen atoms in total. The van der Waals surface area contributed by atoms with Gasteiger partial charge in [0.1, 0.15) is 9.82 Å². The van der Waals surface area contributed by atoms with Crippen LogP contribution in [-0.4, -0.2) is 9.56 Å². The Morgan fingerprint density at radius 2 is 2.00 bits per heavy atom. The molecule has 2 heterocycles. The number of aromatic nitrogens is 1. The summed E-state index contributed by atoms with van der Waals surface area (Å²) in [5.41, 5.74) is 2.05. The third-order valence-corrected chi connectivity index (χ3v) is 6.62. The van der Waals surface area contributed by atoms with Gasteiger partial charge in [0.15, 0.2) is 0 Å². The standard InChI is InChI=1S/C20H21ClN2S3/c1-3-4-5-15-10-16-18(24)17(12-23(2)20(16)26-15)19(25)22-11-13-6-8-14(21)9-7-13/h6-10,12H,3-5,11H2,1-2H3,(H,22,25). The van der Waals surface area contributed by atoms with Crippen molar-refractivity contribution in [3.05, 3.63) is 62.1 Å². The third-order valence-electron chi connectivity index (χ3n) is 4.28. The summed E-state index contributed by atoms with van der Waals surface area (Å²) in [4.78, 5) is 3.29. The van der Waals surface area contributed by atoms with E-state index in [9.17, 15) is 0 Å². The number of nitrogens with zero attached hydrogens (tertiary/aromatic N) is 1. The zero-order valence-electron chi connectivity index (χ0n) is 14.8. The molecule has 0 spiro atoms. The van der Waals surface area contributed by atoms with Gasteiger partial charge in [-0.3, -0.25) is 0 Å². The van der Waals surface area contributed by atoms with Gasteiger partial charge >= 0.3 is 0 Å². The molecule has 1 N–H and O–H groups in total. The van der Waals surface area contributed by atoms with E-state index in [0.29, 0.717) is 11.5 Å². The summed E-state index contributed by atoms with van der Waals surface area (Å²) in [7, 11) is 2.06. The van der Waals surface area contributed by atoms with E-state index in [1.54, 1.807) is 0 Å². The molecule has 0 amide bonds. The number of hydrogen-bond donors (Lipinski definition) is 1. The minimum Gasteiger partial charge on any atom is -0.372 e. The Morgan fingerprint density at radius 1 is 1.27 bits per heavy atom. The Hall–Kier alpha value is -1.27. The van der Waals surface area contributed by atoms with Crippen molar-refractivity contribution in [1.82, 2.24) is 9.88 Å². The molecule has 6 heteroatoms. The molecule has 0 bridgehead atoms.